The highest BCUT2D eigenvalue weighted by molar-refractivity contribution is 9.11. The molecule has 0 radical (unpaired) electrons. The van der Waals surface area contributed by atoms with Crippen LogP contribution in [-0.2, 0) is 4.79 Å². The Morgan fingerprint density at radius 3 is 2.22 bits per heavy atom. The van der Waals surface area contributed by atoms with Crippen LogP contribution in [0, 0.1) is 0 Å². The molecule has 0 bridgehead atoms. The SMILES string of the molecule is CC(C(=O)Nc1c(Br)cc(Br)cc1Br)=C1CNC1. The molecule has 1 aliphatic rings. The maximum absolute atomic E-state index is 12.1. The maximum atomic E-state index is 12.1. The van der Waals surface area contributed by atoms with Gasteiger partial charge in [-0.3, -0.25) is 4.79 Å². The number of carbonyl (C=O) groups excluding carboxylic acids is 1. The summed E-state index contributed by atoms with van der Waals surface area (Å²) in [5, 5.41) is 6.04. The molecule has 0 aromatic heterocycles. The van der Waals surface area contributed by atoms with Gasteiger partial charge in [-0.25, -0.2) is 0 Å². The van der Waals surface area contributed by atoms with Crippen LogP contribution in [-0.4, -0.2) is 19.0 Å². The fourth-order valence-electron chi connectivity index (χ4n) is 1.54. The van der Waals surface area contributed by atoms with E-state index in [1.54, 1.807) is 0 Å². The van der Waals surface area contributed by atoms with Crippen LogP contribution < -0.4 is 10.6 Å². The Morgan fingerprint density at radius 2 is 1.78 bits per heavy atom. The quantitative estimate of drug-likeness (QED) is 0.689. The standard InChI is InChI=1S/C12H11Br3N2O/c1-6(7-4-16-5-7)12(18)17-11-9(14)2-8(13)3-10(11)15/h2-3,16H,4-5H2,1H3,(H,17,18). The predicted molar refractivity (Wildman–Crippen MR) is 83.7 cm³/mol. The summed E-state index contributed by atoms with van der Waals surface area (Å²) in [7, 11) is 0. The van der Waals surface area contributed by atoms with Crippen LogP contribution in [0.1, 0.15) is 6.92 Å². The van der Waals surface area contributed by atoms with Crippen LogP contribution in [0.5, 0.6) is 0 Å². The van der Waals surface area contributed by atoms with Crippen LogP contribution in [0.4, 0.5) is 5.69 Å². The lowest BCUT2D eigenvalue weighted by Crippen LogP contribution is -2.36. The Bertz CT molecular complexity index is 511. The summed E-state index contributed by atoms with van der Waals surface area (Å²) >= 11 is 10.3. The summed E-state index contributed by atoms with van der Waals surface area (Å²) in [4.78, 5) is 12.1. The summed E-state index contributed by atoms with van der Waals surface area (Å²) in [6, 6.07) is 3.79. The van der Waals surface area contributed by atoms with Crippen molar-refractivity contribution in [3.63, 3.8) is 0 Å². The molecule has 1 aromatic rings. The van der Waals surface area contributed by atoms with Crippen LogP contribution >= 0.6 is 47.8 Å². The monoisotopic (exact) mass is 436 g/mol. The van der Waals surface area contributed by atoms with Crippen molar-refractivity contribution in [1.82, 2.24) is 5.32 Å². The summed E-state index contributed by atoms with van der Waals surface area (Å²) in [5.41, 5.74) is 2.70. The van der Waals surface area contributed by atoms with E-state index < -0.39 is 0 Å². The molecule has 1 saturated heterocycles. The Morgan fingerprint density at radius 1 is 1.22 bits per heavy atom. The van der Waals surface area contributed by atoms with E-state index in [2.05, 4.69) is 58.4 Å². The lowest BCUT2D eigenvalue weighted by Gasteiger charge is -2.21. The summed E-state index contributed by atoms with van der Waals surface area (Å²) < 4.78 is 2.61. The first kappa shape index (κ1) is 14.2. The van der Waals surface area contributed by atoms with Crippen molar-refractivity contribution in [2.24, 2.45) is 0 Å². The number of halogens is 3. The predicted octanol–water partition coefficient (Wildman–Crippen LogP) is 3.83. The van der Waals surface area contributed by atoms with Crippen molar-refractivity contribution in [3.05, 3.63) is 36.7 Å². The molecular weight excluding hydrogens is 428 g/mol. The van der Waals surface area contributed by atoms with Crippen LogP contribution in [0.3, 0.4) is 0 Å². The zero-order valence-corrected chi connectivity index (χ0v) is 14.4. The highest BCUT2D eigenvalue weighted by Crippen LogP contribution is 2.34. The van der Waals surface area contributed by atoms with Gasteiger partial charge in [-0.2, -0.15) is 0 Å². The highest BCUT2D eigenvalue weighted by atomic mass is 79.9. The summed E-state index contributed by atoms with van der Waals surface area (Å²) in [6.45, 7) is 3.47. The van der Waals surface area contributed by atoms with Gasteiger partial charge in [-0.05, 0) is 56.5 Å². The van der Waals surface area contributed by atoms with Crippen LogP contribution in [0.2, 0.25) is 0 Å². The molecule has 0 spiro atoms. The average molecular weight is 439 g/mol. The van der Waals surface area contributed by atoms with Crippen molar-refractivity contribution >= 4 is 59.4 Å². The molecule has 2 N–H and O–H groups in total. The molecule has 6 heteroatoms. The molecule has 1 aliphatic heterocycles. The fraction of sp³-hybridized carbons (Fsp3) is 0.250. The molecule has 1 fully saturated rings. The summed E-state index contributed by atoms with van der Waals surface area (Å²) in [6.07, 6.45) is 0. The summed E-state index contributed by atoms with van der Waals surface area (Å²) in [5.74, 6) is -0.0600. The second kappa shape index (κ2) is 5.86. The third-order valence-electron chi connectivity index (χ3n) is 2.79. The largest absolute Gasteiger partial charge is 0.320 e. The van der Waals surface area contributed by atoms with Gasteiger partial charge in [0.1, 0.15) is 0 Å². The van der Waals surface area contributed by atoms with Crippen molar-refractivity contribution in [2.45, 2.75) is 6.92 Å². The smallest absolute Gasteiger partial charge is 0.251 e. The molecule has 0 aliphatic carbocycles. The molecule has 2 rings (SSSR count). The molecule has 1 aromatic carbocycles. The molecule has 3 nitrogen and oxygen atoms in total. The number of hydrogen-bond acceptors (Lipinski definition) is 2. The number of anilines is 1. The molecule has 96 valence electrons. The van der Waals surface area contributed by atoms with Gasteiger partial charge in [0.2, 0.25) is 0 Å². The van der Waals surface area contributed by atoms with E-state index >= 15 is 0 Å². The number of rotatable bonds is 2. The highest BCUT2D eigenvalue weighted by Gasteiger charge is 2.17. The minimum atomic E-state index is -0.0600. The Balaban J connectivity index is 2.22. The molecule has 1 heterocycles. The van der Waals surface area contributed by atoms with E-state index in [-0.39, 0.29) is 5.91 Å². The second-order valence-corrected chi connectivity index (χ2v) is 6.66. The van der Waals surface area contributed by atoms with E-state index in [9.17, 15) is 4.79 Å². The van der Waals surface area contributed by atoms with Gasteiger partial charge in [0.15, 0.2) is 0 Å². The lowest BCUT2D eigenvalue weighted by atomic mass is 10.0. The minimum absolute atomic E-state index is 0.0600. The zero-order valence-electron chi connectivity index (χ0n) is 9.61. The van der Waals surface area contributed by atoms with Crippen molar-refractivity contribution in [2.75, 3.05) is 18.4 Å². The van der Waals surface area contributed by atoms with E-state index in [1.807, 2.05) is 19.1 Å². The van der Waals surface area contributed by atoms with Gasteiger partial charge in [-0.15, -0.1) is 0 Å². The number of benzene rings is 1. The third kappa shape index (κ3) is 3.04. The van der Waals surface area contributed by atoms with Crippen molar-refractivity contribution < 1.29 is 4.79 Å². The molecule has 18 heavy (non-hydrogen) atoms. The number of nitrogens with one attached hydrogen (secondary N) is 2. The number of carbonyl (C=O) groups is 1. The topological polar surface area (TPSA) is 41.1 Å². The fourth-order valence-corrected chi connectivity index (χ4v) is 4.00. The van der Waals surface area contributed by atoms with E-state index in [0.29, 0.717) is 0 Å². The van der Waals surface area contributed by atoms with Crippen LogP contribution in [0.15, 0.2) is 36.7 Å². The van der Waals surface area contributed by atoms with Gasteiger partial charge in [-0.1, -0.05) is 15.9 Å². The molecule has 0 unspecified atom stereocenters. The Labute approximate surface area is 131 Å². The van der Waals surface area contributed by atoms with Gasteiger partial charge < -0.3 is 10.6 Å². The number of hydrogen-bond donors (Lipinski definition) is 2. The minimum Gasteiger partial charge on any atom is -0.320 e. The maximum Gasteiger partial charge on any atom is 0.251 e. The third-order valence-corrected chi connectivity index (χ3v) is 4.50. The first-order valence-corrected chi connectivity index (χ1v) is 7.72. The van der Waals surface area contributed by atoms with Crippen LogP contribution in [0.25, 0.3) is 0 Å². The van der Waals surface area contributed by atoms with E-state index in [4.69, 9.17) is 0 Å². The average Bonchev–Trinajstić information content (AvgIpc) is 2.20. The van der Waals surface area contributed by atoms with Gasteiger partial charge in [0.05, 0.1) is 5.69 Å². The number of amides is 1. The molecule has 1 amide bonds. The normalized spacial score (nSPS) is 14.1. The zero-order chi connectivity index (χ0) is 13.3. The Kier molecular flexibility index (Phi) is 4.64. The van der Waals surface area contributed by atoms with Gasteiger partial charge in [0, 0.05) is 32.1 Å². The van der Waals surface area contributed by atoms with E-state index in [0.717, 1.165) is 43.3 Å². The van der Waals surface area contributed by atoms with E-state index in [1.165, 1.54) is 0 Å². The van der Waals surface area contributed by atoms with Crippen molar-refractivity contribution in [3.8, 4) is 0 Å². The van der Waals surface area contributed by atoms with Gasteiger partial charge in [0.25, 0.3) is 5.91 Å². The Hall–Kier alpha value is -0.170. The second-order valence-electron chi connectivity index (χ2n) is 4.03. The molecule has 0 atom stereocenters. The molecule has 0 saturated carbocycles. The molecular formula is C12H11Br3N2O. The first-order chi connectivity index (χ1) is 8.49. The lowest BCUT2D eigenvalue weighted by molar-refractivity contribution is -0.112. The first-order valence-electron chi connectivity index (χ1n) is 5.34. The van der Waals surface area contributed by atoms with Gasteiger partial charge >= 0.3 is 0 Å². The van der Waals surface area contributed by atoms with Crippen molar-refractivity contribution in [1.29, 1.82) is 0 Å².